The SMILES string of the molecule is CC(=O)OC(C=Cc1cccc(C(C)(C)C)c1)OC(C)=O. The maximum absolute atomic E-state index is 11.0. The molecule has 0 aromatic heterocycles. The second-order valence-electron chi connectivity index (χ2n) is 5.82. The zero-order valence-electron chi connectivity index (χ0n) is 13.2. The molecule has 4 heteroatoms. The number of hydrogen-bond donors (Lipinski definition) is 0. The lowest BCUT2D eigenvalue weighted by Crippen LogP contribution is -2.20. The van der Waals surface area contributed by atoms with Gasteiger partial charge in [-0.2, -0.15) is 0 Å². The molecule has 0 saturated carbocycles. The summed E-state index contributed by atoms with van der Waals surface area (Å²) in [6.45, 7) is 8.94. The lowest BCUT2D eigenvalue weighted by molar-refractivity contribution is -0.176. The fourth-order valence-corrected chi connectivity index (χ4v) is 1.73. The van der Waals surface area contributed by atoms with Crippen molar-refractivity contribution in [2.24, 2.45) is 0 Å². The van der Waals surface area contributed by atoms with Gasteiger partial charge in [-0.25, -0.2) is 0 Å². The summed E-state index contributed by atoms with van der Waals surface area (Å²) in [5, 5.41) is 0. The molecule has 0 aliphatic rings. The number of esters is 2. The Morgan fingerprint density at radius 3 is 2.14 bits per heavy atom. The molecule has 1 aromatic rings. The Morgan fingerprint density at radius 2 is 1.67 bits per heavy atom. The molecule has 0 spiro atoms. The summed E-state index contributed by atoms with van der Waals surface area (Å²) >= 11 is 0. The highest BCUT2D eigenvalue weighted by molar-refractivity contribution is 5.69. The van der Waals surface area contributed by atoms with Crippen LogP contribution in [-0.2, 0) is 24.5 Å². The van der Waals surface area contributed by atoms with Gasteiger partial charge in [0.05, 0.1) is 0 Å². The summed E-state index contributed by atoms with van der Waals surface area (Å²) in [5.74, 6) is -1.01. The lowest BCUT2D eigenvalue weighted by atomic mass is 9.86. The van der Waals surface area contributed by atoms with Crippen LogP contribution in [0, 0.1) is 0 Å². The first-order valence-electron chi connectivity index (χ1n) is 6.81. The van der Waals surface area contributed by atoms with Gasteiger partial charge >= 0.3 is 11.9 Å². The van der Waals surface area contributed by atoms with Crippen LogP contribution in [0.1, 0.15) is 45.7 Å². The fourth-order valence-electron chi connectivity index (χ4n) is 1.73. The first-order valence-corrected chi connectivity index (χ1v) is 6.81. The number of rotatable bonds is 4. The van der Waals surface area contributed by atoms with E-state index in [4.69, 9.17) is 9.47 Å². The van der Waals surface area contributed by atoms with Crippen molar-refractivity contribution >= 4 is 18.0 Å². The second kappa shape index (κ2) is 7.07. The zero-order chi connectivity index (χ0) is 16.0. The first-order chi connectivity index (χ1) is 9.68. The molecule has 4 nitrogen and oxygen atoms in total. The van der Waals surface area contributed by atoms with Crippen LogP contribution >= 0.6 is 0 Å². The van der Waals surface area contributed by atoms with Crippen LogP contribution in [0.25, 0.3) is 6.08 Å². The van der Waals surface area contributed by atoms with Crippen LogP contribution < -0.4 is 0 Å². The minimum atomic E-state index is -1.00. The van der Waals surface area contributed by atoms with Gasteiger partial charge in [0.2, 0.25) is 0 Å². The molecule has 0 aliphatic heterocycles. The van der Waals surface area contributed by atoms with E-state index in [9.17, 15) is 9.59 Å². The highest BCUT2D eigenvalue weighted by Gasteiger charge is 2.14. The standard InChI is InChI=1S/C17H22O4/c1-12(18)20-16(21-13(2)19)10-9-14-7-6-8-15(11-14)17(3,4)5/h6-11,16H,1-5H3. The summed E-state index contributed by atoms with van der Waals surface area (Å²) in [7, 11) is 0. The average Bonchev–Trinajstić information content (AvgIpc) is 2.34. The summed E-state index contributed by atoms with van der Waals surface area (Å²) in [6, 6.07) is 8.01. The highest BCUT2D eigenvalue weighted by Crippen LogP contribution is 2.23. The minimum Gasteiger partial charge on any atom is -0.421 e. The highest BCUT2D eigenvalue weighted by atomic mass is 16.7. The molecule has 0 heterocycles. The molecule has 0 atom stereocenters. The molecule has 0 bridgehead atoms. The molecule has 0 radical (unpaired) electrons. The maximum atomic E-state index is 11.0. The van der Waals surface area contributed by atoms with E-state index < -0.39 is 18.2 Å². The second-order valence-corrected chi connectivity index (χ2v) is 5.82. The Hall–Kier alpha value is -2.10. The molecule has 0 aliphatic carbocycles. The van der Waals surface area contributed by atoms with E-state index >= 15 is 0 Å². The van der Waals surface area contributed by atoms with Gasteiger partial charge in [-0.15, -0.1) is 0 Å². The molecule has 0 saturated heterocycles. The smallest absolute Gasteiger partial charge is 0.305 e. The molecular formula is C17H22O4. The molecule has 21 heavy (non-hydrogen) atoms. The van der Waals surface area contributed by atoms with Gasteiger partial charge in [-0.05, 0) is 22.6 Å². The molecule has 0 unspecified atom stereocenters. The van der Waals surface area contributed by atoms with Crippen molar-refractivity contribution in [2.75, 3.05) is 0 Å². The minimum absolute atomic E-state index is 0.0506. The van der Waals surface area contributed by atoms with Crippen molar-refractivity contribution in [1.29, 1.82) is 0 Å². The Balaban J connectivity index is 2.90. The number of benzene rings is 1. The monoisotopic (exact) mass is 290 g/mol. The van der Waals surface area contributed by atoms with Crippen LogP contribution in [0.3, 0.4) is 0 Å². The molecule has 1 aromatic carbocycles. The Labute approximate surface area is 125 Å². The lowest BCUT2D eigenvalue weighted by Gasteiger charge is -2.19. The summed E-state index contributed by atoms with van der Waals surface area (Å²) in [4.78, 5) is 22.0. The van der Waals surface area contributed by atoms with Gasteiger partial charge in [0.25, 0.3) is 6.29 Å². The van der Waals surface area contributed by atoms with Crippen molar-refractivity contribution in [1.82, 2.24) is 0 Å². The van der Waals surface area contributed by atoms with Gasteiger partial charge < -0.3 is 9.47 Å². The normalized spacial score (nSPS) is 11.7. The molecule has 0 amide bonds. The zero-order valence-corrected chi connectivity index (χ0v) is 13.2. The van der Waals surface area contributed by atoms with Gasteiger partial charge in [0, 0.05) is 13.8 Å². The van der Waals surface area contributed by atoms with Crippen molar-refractivity contribution in [2.45, 2.75) is 46.3 Å². The summed E-state index contributed by atoms with van der Waals surface area (Å²) in [6.07, 6.45) is 2.31. The quantitative estimate of drug-likeness (QED) is 0.629. The van der Waals surface area contributed by atoms with E-state index in [0.717, 1.165) is 5.56 Å². The van der Waals surface area contributed by atoms with E-state index in [2.05, 4.69) is 32.9 Å². The van der Waals surface area contributed by atoms with E-state index in [1.165, 1.54) is 19.4 Å². The number of carbonyl (C=O) groups excluding carboxylic acids is 2. The number of carbonyl (C=O) groups is 2. The topological polar surface area (TPSA) is 52.6 Å². The van der Waals surface area contributed by atoms with Gasteiger partial charge in [0.1, 0.15) is 0 Å². The van der Waals surface area contributed by atoms with E-state index in [1.807, 2.05) is 12.1 Å². The van der Waals surface area contributed by atoms with Crippen molar-refractivity contribution < 1.29 is 19.1 Å². The molecule has 114 valence electrons. The van der Waals surface area contributed by atoms with Crippen LogP contribution in [0.5, 0.6) is 0 Å². The fraction of sp³-hybridized carbons (Fsp3) is 0.412. The Morgan fingerprint density at radius 1 is 1.10 bits per heavy atom. The van der Waals surface area contributed by atoms with Crippen LogP contribution in [0.15, 0.2) is 30.3 Å². The van der Waals surface area contributed by atoms with Crippen LogP contribution in [0.2, 0.25) is 0 Å². The molecule has 1 rings (SSSR count). The third kappa shape index (κ3) is 6.25. The molecule has 0 N–H and O–H groups in total. The third-order valence-electron chi connectivity index (χ3n) is 2.76. The van der Waals surface area contributed by atoms with Crippen LogP contribution in [-0.4, -0.2) is 18.2 Å². The van der Waals surface area contributed by atoms with Crippen molar-refractivity contribution in [3.63, 3.8) is 0 Å². The van der Waals surface area contributed by atoms with Gasteiger partial charge in [-0.1, -0.05) is 51.1 Å². The third-order valence-corrected chi connectivity index (χ3v) is 2.76. The average molecular weight is 290 g/mol. The molecule has 0 fully saturated rings. The predicted molar refractivity (Wildman–Crippen MR) is 81.5 cm³/mol. The van der Waals surface area contributed by atoms with Gasteiger partial charge in [0.15, 0.2) is 0 Å². The van der Waals surface area contributed by atoms with E-state index in [0.29, 0.717) is 0 Å². The van der Waals surface area contributed by atoms with Crippen molar-refractivity contribution in [3.8, 4) is 0 Å². The Bertz CT molecular complexity index is 522. The maximum Gasteiger partial charge on any atom is 0.305 e. The van der Waals surface area contributed by atoms with Crippen molar-refractivity contribution in [3.05, 3.63) is 41.5 Å². The number of hydrogen-bond acceptors (Lipinski definition) is 4. The largest absolute Gasteiger partial charge is 0.421 e. The predicted octanol–water partition coefficient (Wildman–Crippen LogP) is 3.45. The first kappa shape index (κ1) is 17.0. The van der Waals surface area contributed by atoms with E-state index in [1.54, 1.807) is 12.2 Å². The summed E-state index contributed by atoms with van der Waals surface area (Å²) < 4.78 is 9.82. The van der Waals surface area contributed by atoms with E-state index in [-0.39, 0.29) is 5.41 Å². The summed E-state index contributed by atoms with van der Waals surface area (Å²) in [5.41, 5.74) is 2.20. The van der Waals surface area contributed by atoms with Crippen LogP contribution in [0.4, 0.5) is 0 Å². The number of ether oxygens (including phenoxy) is 2. The van der Waals surface area contributed by atoms with Gasteiger partial charge in [-0.3, -0.25) is 9.59 Å². The molecular weight excluding hydrogens is 268 g/mol. The Kier molecular flexibility index (Phi) is 5.70.